The van der Waals surface area contributed by atoms with Gasteiger partial charge in [0.1, 0.15) is 5.76 Å². The second kappa shape index (κ2) is 8.83. The molecule has 1 amide bonds. The smallest absolute Gasteiger partial charge is 0.248 e. The minimum absolute atomic E-state index is 0.0264. The number of fused-ring (bicyclic) bond motifs is 3. The molecular weight excluding hydrogens is 354 g/mol. The number of carbonyl (C=O) groups excluding carboxylic acids is 1. The number of hydrogen-bond acceptors (Lipinski definition) is 4. The van der Waals surface area contributed by atoms with Crippen LogP contribution in [0.5, 0.6) is 0 Å². The molecule has 0 aromatic heterocycles. The second-order valence-electron chi connectivity index (χ2n) is 7.93. The molecule has 5 nitrogen and oxygen atoms in total. The lowest BCUT2D eigenvalue weighted by molar-refractivity contribution is -0.206. The Morgan fingerprint density at radius 1 is 1.25 bits per heavy atom. The standard InChI is InChI=1S/C21H29NO4.C2H6/c1-2-3-7-20-8-9-21(25-11-12-26-21)14-16(20)6-10-24-18-13-15(19(22)23)4-5-17(18)20;1-2/h3-4,7,13,16-17H,2,5-6,8-12,14H2,1H3,(H2,22,23);1-2H3. The molecule has 0 aromatic carbocycles. The maximum atomic E-state index is 11.6. The average molecular weight is 390 g/mol. The van der Waals surface area contributed by atoms with Gasteiger partial charge in [-0.25, -0.2) is 0 Å². The molecule has 1 spiro atoms. The number of allylic oxidation sites excluding steroid dienone is 4. The zero-order valence-corrected chi connectivity index (χ0v) is 17.5. The van der Waals surface area contributed by atoms with Crippen LogP contribution in [-0.4, -0.2) is 31.5 Å². The van der Waals surface area contributed by atoms with Crippen molar-refractivity contribution in [2.45, 2.75) is 65.1 Å². The van der Waals surface area contributed by atoms with Crippen molar-refractivity contribution in [3.05, 3.63) is 35.6 Å². The van der Waals surface area contributed by atoms with Gasteiger partial charge in [0.25, 0.3) is 0 Å². The van der Waals surface area contributed by atoms with Crippen LogP contribution >= 0.6 is 0 Å². The van der Waals surface area contributed by atoms with Crippen LogP contribution in [0.4, 0.5) is 0 Å². The van der Waals surface area contributed by atoms with E-state index in [9.17, 15) is 4.79 Å². The van der Waals surface area contributed by atoms with E-state index in [0.717, 1.165) is 44.3 Å². The molecule has 3 unspecified atom stereocenters. The molecule has 4 rings (SSSR count). The summed E-state index contributed by atoms with van der Waals surface area (Å²) in [5.74, 6) is 0.838. The lowest BCUT2D eigenvalue weighted by Crippen LogP contribution is -2.48. The molecule has 0 radical (unpaired) electrons. The molecule has 4 aliphatic rings. The van der Waals surface area contributed by atoms with Gasteiger partial charge in [0.15, 0.2) is 5.79 Å². The fourth-order valence-electron chi connectivity index (χ4n) is 5.33. The van der Waals surface area contributed by atoms with Crippen LogP contribution in [0.15, 0.2) is 35.6 Å². The van der Waals surface area contributed by atoms with Crippen molar-refractivity contribution < 1.29 is 19.0 Å². The fraction of sp³-hybridized carbons (Fsp3) is 0.696. The second-order valence-corrected chi connectivity index (χ2v) is 7.93. The van der Waals surface area contributed by atoms with Gasteiger partial charge in [-0.1, -0.05) is 39.0 Å². The number of carbonyl (C=O) groups is 1. The molecule has 28 heavy (non-hydrogen) atoms. The maximum absolute atomic E-state index is 11.6. The summed E-state index contributed by atoms with van der Waals surface area (Å²) < 4.78 is 18.2. The minimum atomic E-state index is -0.397. The number of rotatable bonds is 3. The molecule has 1 saturated carbocycles. The van der Waals surface area contributed by atoms with Crippen molar-refractivity contribution in [2.24, 2.45) is 23.0 Å². The van der Waals surface area contributed by atoms with E-state index in [1.54, 1.807) is 0 Å². The first kappa shape index (κ1) is 21.1. The predicted molar refractivity (Wildman–Crippen MR) is 109 cm³/mol. The maximum Gasteiger partial charge on any atom is 0.248 e. The van der Waals surface area contributed by atoms with Crippen LogP contribution in [0.2, 0.25) is 0 Å². The van der Waals surface area contributed by atoms with Crippen molar-refractivity contribution >= 4 is 5.91 Å². The van der Waals surface area contributed by atoms with Crippen molar-refractivity contribution in [3.8, 4) is 0 Å². The highest BCUT2D eigenvalue weighted by molar-refractivity contribution is 5.95. The van der Waals surface area contributed by atoms with Gasteiger partial charge in [0.05, 0.1) is 19.8 Å². The lowest BCUT2D eigenvalue weighted by Gasteiger charge is -2.51. The summed E-state index contributed by atoms with van der Waals surface area (Å²) >= 11 is 0. The minimum Gasteiger partial charge on any atom is -0.498 e. The number of hydrogen-bond donors (Lipinski definition) is 1. The normalized spacial score (nSPS) is 33.5. The predicted octanol–water partition coefficient (Wildman–Crippen LogP) is 4.24. The van der Waals surface area contributed by atoms with E-state index in [4.69, 9.17) is 19.9 Å². The van der Waals surface area contributed by atoms with Gasteiger partial charge < -0.3 is 19.9 Å². The molecule has 156 valence electrons. The molecule has 2 aliphatic carbocycles. The first-order valence-electron chi connectivity index (χ1n) is 10.9. The van der Waals surface area contributed by atoms with Crippen LogP contribution in [0, 0.1) is 17.3 Å². The molecule has 3 fully saturated rings. The van der Waals surface area contributed by atoms with Crippen LogP contribution in [-0.2, 0) is 19.0 Å². The summed E-state index contributed by atoms with van der Waals surface area (Å²) in [5, 5.41) is 0. The van der Waals surface area contributed by atoms with E-state index in [1.165, 1.54) is 0 Å². The summed E-state index contributed by atoms with van der Waals surface area (Å²) in [4.78, 5) is 11.6. The Bertz CT molecular complexity index is 660. The summed E-state index contributed by atoms with van der Waals surface area (Å²) in [7, 11) is 0. The van der Waals surface area contributed by atoms with Crippen molar-refractivity contribution in [1.29, 1.82) is 0 Å². The van der Waals surface area contributed by atoms with Crippen LogP contribution in [0.3, 0.4) is 0 Å². The fourth-order valence-corrected chi connectivity index (χ4v) is 5.33. The Kier molecular flexibility index (Phi) is 6.66. The monoisotopic (exact) mass is 389 g/mol. The molecule has 3 atom stereocenters. The van der Waals surface area contributed by atoms with Crippen molar-refractivity contribution in [3.63, 3.8) is 0 Å². The first-order valence-corrected chi connectivity index (χ1v) is 10.9. The number of amides is 1. The summed E-state index contributed by atoms with van der Waals surface area (Å²) in [6.45, 7) is 8.23. The van der Waals surface area contributed by atoms with Gasteiger partial charge in [-0.05, 0) is 37.7 Å². The molecular formula is C23H35NO4. The third kappa shape index (κ3) is 3.79. The highest BCUT2D eigenvalue weighted by Crippen LogP contribution is 2.58. The Morgan fingerprint density at radius 3 is 2.68 bits per heavy atom. The summed E-state index contributed by atoms with van der Waals surface area (Å²) in [6, 6.07) is 0. The Labute approximate surface area is 169 Å². The Morgan fingerprint density at radius 2 is 2.00 bits per heavy atom. The molecule has 5 heteroatoms. The summed E-state index contributed by atoms with van der Waals surface area (Å²) in [5.41, 5.74) is 6.09. The van der Waals surface area contributed by atoms with Crippen LogP contribution in [0.1, 0.15) is 59.3 Å². The average Bonchev–Trinajstić information content (AvgIpc) is 3.11. The van der Waals surface area contributed by atoms with E-state index in [2.05, 4.69) is 19.1 Å². The SMILES string of the molecule is CC.CCC=CC12CCC3(CC1CCOC1=CC(C(N)=O)=CCC12)OCCO3. The highest BCUT2D eigenvalue weighted by atomic mass is 16.7. The third-order valence-corrected chi connectivity index (χ3v) is 6.62. The largest absolute Gasteiger partial charge is 0.498 e. The highest BCUT2D eigenvalue weighted by Gasteiger charge is 2.55. The Balaban J connectivity index is 0.00000109. The van der Waals surface area contributed by atoms with Crippen molar-refractivity contribution in [1.82, 2.24) is 0 Å². The Hall–Kier alpha value is -1.59. The van der Waals surface area contributed by atoms with E-state index >= 15 is 0 Å². The zero-order chi connectivity index (χ0) is 20.2. The number of primary amides is 1. The van der Waals surface area contributed by atoms with Gasteiger partial charge in [0.2, 0.25) is 5.91 Å². The van der Waals surface area contributed by atoms with Crippen LogP contribution < -0.4 is 5.73 Å². The quantitative estimate of drug-likeness (QED) is 0.733. The third-order valence-electron chi connectivity index (χ3n) is 6.62. The molecule has 2 heterocycles. The van der Waals surface area contributed by atoms with Gasteiger partial charge in [-0.2, -0.15) is 0 Å². The van der Waals surface area contributed by atoms with E-state index in [0.29, 0.717) is 31.3 Å². The molecule has 0 aromatic rings. The zero-order valence-electron chi connectivity index (χ0n) is 17.5. The van der Waals surface area contributed by atoms with Gasteiger partial charge in [-0.3, -0.25) is 4.79 Å². The van der Waals surface area contributed by atoms with Gasteiger partial charge >= 0.3 is 0 Å². The lowest BCUT2D eigenvalue weighted by atomic mass is 9.56. The molecule has 2 aliphatic heterocycles. The van der Waals surface area contributed by atoms with E-state index in [-0.39, 0.29) is 17.2 Å². The van der Waals surface area contributed by atoms with Gasteiger partial charge in [0, 0.05) is 29.7 Å². The molecule has 2 N–H and O–H groups in total. The number of ether oxygens (including phenoxy) is 3. The van der Waals surface area contributed by atoms with Gasteiger partial charge in [-0.15, -0.1) is 0 Å². The number of nitrogens with two attached hydrogens (primary N) is 1. The van der Waals surface area contributed by atoms with E-state index in [1.807, 2.05) is 26.0 Å². The topological polar surface area (TPSA) is 70.8 Å². The van der Waals surface area contributed by atoms with E-state index < -0.39 is 5.79 Å². The first-order chi connectivity index (χ1) is 13.6. The molecule has 2 saturated heterocycles. The van der Waals surface area contributed by atoms with Crippen molar-refractivity contribution in [2.75, 3.05) is 19.8 Å². The molecule has 0 bridgehead atoms. The summed E-state index contributed by atoms with van der Waals surface area (Å²) in [6.07, 6.45) is 14.2. The van der Waals surface area contributed by atoms with Crippen LogP contribution in [0.25, 0.3) is 0 Å².